The van der Waals surface area contributed by atoms with Crippen LogP contribution >= 0.6 is 0 Å². The lowest BCUT2D eigenvalue weighted by molar-refractivity contribution is -0.145. The van der Waals surface area contributed by atoms with Crippen LogP contribution in [0.1, 0.15) is 12.8 Å². The van der Waals surface area contributed by atoms with Crippen LogP contribution in [0.3, 0.4) is 0 Å². The van der Waals surface area contributed by atoms with Crippen molar-refractivity contribution in [2.45, 2.75) is 18.9 Å². The number of hydrogen-bond acceptors (Lipinski definition) is 4. The van der Waals surface area contributed by atoms with Crippen molar-refractivity contribution in [3.63, 3.8) is 0 Å². The van der Waals surface area contributed by atoms with Gasteiger partial charge in [0.15, 0.2) is 0 Å². The summed E-state index contributed by atoms with van der Waals surface area (Å²) in [6.07, 6.45) is -0.899. The first-order valence-corrected chi connectivity index (χ1v) is 3.87. The predicted molar refractivity (Wildman–Crippen MR) is 45.8 cm³/mol. The van der Waals surface area contributed by atoms with Gasteiger partial charge in [0.05, 0.1) is 0 Å². The summed E-state index contributed by atoms with van der Waals surface area (Å²) >= 11 is 0. The van der Waals surface area contributed by atoms with Crippen molar-refractivity contribution in [2.75, 3.05) is 0 Å². The van der Waals surface area contributed by atoms with Gasteiger partial charge in [-0.1, -0.05) is 0 Å². The van der Waals surface area contributed by atoms with Gasteiger partial charge in [-0.05, 0) is 6.42 Å². The summed E-state index contributed by atoms with van der Waals surface area (Å²) in [4.78, 5) is 42.0. The fourth-order valence-corrected chi connectivity index (χ4v) is 0.921. The third-order valence-electron chi connectivity index (χ3n) is 1.62. The molecule has 0 aromatic heterocycles. The van der Waals surface area contributed by atoms with Gasteiger partial charge in [0.25, 0.3) is 0 Å². The monoisotopic (exact) mass is 218 g/mol. The van der Waals surface area contributed by atoms with E-state index in [9.17, 15) is 19.2 Å². The highest BCUT2D eigenvalue weighted by molar-refractivity contribution is 5.90. The maximum Gasteiger partial charge on any atom is 0.326 e. The standard InChI is InChI=1S/C7H10N2O6/c8-7(15)9(3-10)4(6(13)14)1-2-5(11)12/h3-4H,1-2H2,(H2,8,15)(H,11,12)(H,13,14)/t4-/m1/s1. The highest BCUT2D eigenvalue weighted by Gasteiger charge is 2.28. The number of primary amides is 1. The van der Waals surface area contributed by atoms with Crippen LogP contribution in [0.25, 0.3) is 0 Å². The zero-order chi connectivity index (χ0) is 12.0. The van der Waals surface area contributed by atoms with Crippen molar-refractivity contribution in [3.05, 3.63) is 0 Å². The quantitative estimate of drug-likeness (QED) is 0.480. The predicted octanol–water partition coefficient (Wildman–Crippen LogP) is -1.16. The van der Waals surface area contributed by atoms with E-state index in [2.05, 4.69) is 0 Å². The van der Waals surface area contributed by atoms with E-state index in [1.54, 1.807) is 0 Å². The lowest BCUT2D eigenvalue weighted by Gasteiger charge is -2.20. The molecule has 0 spiro atoms. The Morgan fingerprint density at radius 2 is 1.87 bits per heavy atom. The zero-order valence-electron chi connectivity index (χ0n) is 7.62. The van der Waals surface area contributed by atoms with E-state index in [1.807, 2.05) is 0 Å². The molecule has 0 unspecified atom stereocenters. The number of carboxylic acid groups (broad SMARTS) is 2. The first kappa shape index (κ1) is 12.9. The number of hydrogen-bond donors (Lipinski definition) is 3. The Bertz CT molecular complexity index is 289. The highest BCUT2D eigenvalue weighted by Crippen LogP contribution is 2.05. The molecule has 0 bridgehead atoms. The number of imide groups is 1. The molecule has 4 N–H and O–H groups in total. The van der Waals surface area contributed by atoms with Crippen LogP contribution < -0.4 is 5.73 Å². The number of carboxylic acids is 2. The van der Waals surface area contributed by atoms with E-state index in [4.69, 9.17) is 15.9 Å². The molecule has 0 fully saturated rings. The summed E-state index contributed by atoms with van der Waals surface area (Å²) in [7, 11) is 0. The smallest absolute Gasteiger partial charge is 0.326 e. The van der Waals surface area contributed by atoms with Crippen LogP contribution in [0, 0.1) is 0 Å². The van der Waals surface area contributed by atoms with Gasteiger partial charge in [0, 0.05) is 6.42 Å². The Hall–Kier alpha value is -2.12. The lowest BCUT2D eigenvalue weighted by Crippen LogP contribution is -2.47. The molecule has 8 heteroatoms. The lowest BCUT2D eigenvalue weighted by atomic mass is 10.1. The van der Waals surface area contributed by atoms with Crippen molar-refractivity contribution in [1.82, 2.24) is 4.90 Å². The molecule has 0 saturated heterocycles. The van der Waals surface area contributed by atoms with Gasteiger partial charge >= 0.3 is 18.0 Å². The molecule has 0 heterocycles. The van der Waals surface area contributed by atoms with Crippen LogP contribution in [0.4, 0.5) is 4.79 Å². The Labute approximate surface area is 84.3 Å². The summed E-state index contributed by atoms with van der Waals surface area (Å²) < 4.78 is 0. The van der Waals surface area contributed by atoms with Crippen LogP contribution in [0.5, 0.6) is 0 Å². The number of nitrogens with zero attached hydrogens (tertiary/aromatic N) is 1. The first-order valence-electron chi connectivity index (χ1n) is 3.87. The van der Waals surface area contributed by atoms with Crippen molar-refractivity contribution in [2.24, 2.45) is 5.73 Å². The fourth-order valence-electron chi connectivity index (χ4n) is 0.921. The number of aliphatic carboxylic acids is 2. The normalized spacial score (nSPS) is 11.5. The molecule has 0 aromatic carbocycles. The summed E-state index contributed by atoms with van der Waals surface area (Å²) in [5.41, 5.74) is 4.74. The van der Waals surface area contributed by atoms with E-state index in [1.165, 1.54) is 0 Å². The molecule has 8 nitrogen and oxygen atoms in total. The molecule has 15 heavy (non-hydrogen) atoms. The maximum absolute atomic E-state index is 10.6. The van der Waals surface area contributed by atoms with Gasteiger partial charge in [-0.3, -0.25) is 14.5 Å². The van der Waals surface area contributed by atoms with Crippen molar-refractivity contribution < 1.29 is 29.4 Å². The second kappa shape index (κ2) is 5.58. The van der Waals surface area contributed by atoms with Crippen LogP contribution in [0.2, 0.25) is 0 Å². The second-order valence-electron chi connectivity index (χ2n) is 2.64. The summed E-state index contributed by atoms with van der Waals surface area (Å²) in [5.74, 6) is -2.71. The van der Waals surface area contributed by atoms with Gasteiger partial charge in [0.2, 0.25) is 6.41 Å². The van der Waals surface area contributed by atoms with Gasteiger partial charge in [-0.15, -0.1) is 0 Å². The Kier molecular flexibility index (Phi) is 4.79. The average Bonchev–Trinajstić information content (AvgIpc) is 2.10. The van der Waals surface area contributed by atoms with E-state index in [0.29, 0.717) is 0 Å². The van der Waals surface area contributed by atoms with Gasteiger partial charge < -0.3 is 15.9 Å². The van der Waals surface area contributed by atoms with Gasteiger partial charge in [-0.2, -0.15) is 0 Å². The van der Waals surface area contributed by atoms with Crippen LogP contribution in [-0.4, -0.2) is 45.5 Å². The molecule has 3 amide bonds. The van der Waals surface area contributed by atoms with Crippen molar-refractivity contribution in [3.8, 4) is 0 Å². The number of carbonyl (C=O) groups excluding carboxylic acids is 2. The largest absolute Gasteiger partial charge is 0.481 e. The van der Waals surface area contributed by atoms with Crippen molar-refractivity contribution >= 4 is 24.4 Å². The molecule has 84 valence electrons. The Morgan fingerprint density at radius 3 is 2.13 bits per heavy atom. The number of nitrogens with two attached hydrogens (primary N) is 1. The zero-order valence-corrected chi connectivity index (χ0v) is 7.62. The third-order valence-corrected chi connectivity index (χ3v) is 1.62. The summed E-state index contributed by atoms with van der Waals surface area (Å²) in [6.45, 7) is 0. The topological polar surface area (TPSA) is 138 Å². The van der Waals surface area contributed by atoms with E-state index in [0.717, 1.165) is 0 Å². The van der Waals surface area contributed by atoms with E-state index in [-0.39, 0.29) is 17.7 Å². The number of rotatable bonds is 6. The minimum Gasteiger partial charge on any atom is -0.481 e. The molecule has 0 aromatic rings. The second-order valence-corrected chi connectivity index (χ2v) is 2.64. The number of urea groups is 1. The SMILES string of the molecule is NC(=O)N(C=O)[C@H](CCC(=O)O)C(=O)O. The number of carbonyl (C=O) groups is 4. The summed E-state index contributed by atoms with van der Waals surface area (Å²) in [5, 5.41) is 17.0. The third kappa shape index (κ3) is 4.07. The molecular formula is C7H10N2O6. The molecule has 0 aliphatic rings. The molecule has 1 atom stereocenters. The van der Waals surface area contributed by atoms with E-state index >= 15 is 0 Å². The molecule has 0 rings (SSSR count). The first-order chi connectivity index (χ1) is 6.90. The maximum atomic E-state index is 10.6. The van der Waals surface area contributed by atoms with Gasteiger partial charge in [-0.25, -0.2) is 9.59 Å². The fraction of sp³-hybridized carbons (Fsp3) is 0.429. The molecule has 0 saturated carbocycles. The molecule has 0 radical (unpaired) electrons. The average molecular weight is 218 g/mol. The number of amides is 3. The van der Waals surface area contributed by atoms with Crippen LogP contribution in [-0.2, 0) is 14.4 Å². The Morgan fingerprint density at radius 1 is 1.33 bits per heavy atom. The molecule has 0 aliphatic carbocycles. The van der Waals surface area contributed by atoms with E-state index < -0.39 is 30.4 Å². The Balaban J connectivity index is 4.63. The van der Waals surface area contributed by atoms with Gasteiger partial charge in [0.1, 0.15) is 6.04 Å². The highest BCUT2D eigenvalue weighted by atomic mass is 16.4. The molecular weight excluding hydrogens is 208 g/mol. The minimum absolute atomic E-state index is 0.0387. The minimum atomic E-state index is -1.55. The molecule has 0 aliphatic heterocycles. The summed E-state index contributed by atoms with van der Waals surface area (Å²) in [6, 6.07) is -2.78. The van der Waals surface area contributed by atoms with Crippen LogP contribution in [0.15, 0.2) is 0 Å². The van der Waals surface area contributed by atoms with Crippen molar-refractivity contribution in [1.29, 1.82) is 0 Å².